The lowest BCUT2D eigenvalue weighted by Gasteiger charge is -2.14. The fraction of sp³-hybridized carbons (Fsp3) is 0.538. The molecule has 0 radical (unpaired) electrons. The van der Waals surface area contributed by atoms with Gasteiger partial charge in [-0.25, -0.2) is 0 Å². The zero-order chi connectivity index (χ0) is 10.7. The molecule has 0 amide bonds. The second kappa shape index (κ2) is 4.56. The van der Waals surface area contributed by atoms with Crippen molar-refractivity contribution in [3.63, 3.8) is 0 Å². The number of anilines is 1. The van der Waals surface area contributed by atoms with E-state index in [2.05, 4.69) is 24.4 Å². The van der Waals surface area contributed by atoms with Crippen molar-refractivity contribution in [2.45, 2.75) is 32.2 Å². The number of nitrogens with one attached hydrogen (secondary N) is 1. The van der Waals surface area contributed by atoms with Crippen LogP contribution in [-0.2, 0) is 0 Å². The Balaban J connectivity index is 1.93. The molecule has 1 aromatic carbocycles. The summed E-state index contributed by atoms with van der Waals surface area (Å²) in [6.07, 6.45) is 3.95. The highest BCUT2D eigenvalue weighted by Gasteiger charge is 2.20. The van der Waals surface area contributed by atoms with Crippen LogP contribution >= 0.6 is 0 Å². The van der Waals surface area contributed by atoms with Gasteiger partial charge in [-0.3, -0.25) is 0 Å². The van der Waals surface area contributed by atoms with Gasteiger partial charge in [0.1, 0.15) is 5.75 Å². The van der Waals surface area contributed by atoms with Crippen LogP contribution in [-0.4, -0.2) is 13.2 Å². The Kier molecular flexibility index (Phi) is 3.14. The van der Waals surface area contributed by atoms with Crippen LogP contribution in [0.2, 0.25) is 0 Å². The van der Waals surface area contributed by atoms with Crippen LogP contribution in [0.15, 0.2) is 24.3 Å². The molecule has 82 valence electrons. The van der Waals surface area contributed by atoms with Gasteiger partial charge in [-0.1, -0.05) is 6.92 Å². The molecule has 0 saturated heterocycles. The standard InChI is InChI=1S/C13H19NO/c1-10-3-4-12(9-10)14-11-5-7-13(15-2)8-6-11/h5-8,10,12,14H,3-4,9H2,1-2H3/t10-,12+/m0/s1. The number of ether oxygens (including phenoxy) is 1. The smallest absolute Gasteiger partial charge is 0.119 e. The summed E-state index contributed by atoms with van der Waals surface area (Å²) in [7, 11) is 1.70. The maximum Gasteiger partial charge on any atom is 0.119 e. The molecule has 1 N–H and O–H groups in total. The number of methoxy groups -OCH3 is 1. The van der Waals surface area contributed by atoms with E-state index in [1.165, 1.54) is 24.9 Å². The highest BCUT2D eigenvalue weighted by molar-refractivity contribution is 5.47. The third-order valence-corrected chi connectivity index (χ3v) is 3.16. The van der Waals surface area contributed by atoms with E-state index < -0.39 is 0 Å². The average Bonchev–Trinajstić information content (AvgIpc) is 2.65. The largest absolute Gasteiger partial charge is 0.497 e. The van der Waals surface area contributed by atoms with Crippen molar-refractivity contribution in [2.24, 2.45) is 5.92 Å². The Morgan fingerprint density at radius 1 is 1.20 bits per heavy atom. The number of hydrogen-bond acceptors (Lipinski definition) is 2. The molecule has 1 aliphatic rings. The monoisotopic (exact) mass is 205 g/mol. The Labute approximate surface area is 91.6 Å². The van der Waals surface area contributed by atoms with E-state index >= 15 is 0 Å². The first-order valence-electron chi connectivity index (χ1n) is 5.68. The average molecular weight is 205 g/mol. The fourth-order valence-corrected chi connectivity index (χ4v) is 2.26. The highest BCUT2D eigenvalue weighted by Crippen LogP contribution is 2.27. The van der Waals surface area contributed by atoms with Gasteiger partial charge in [-0.2, -0.15) is 0 Å². The molecule has 1 fully saturated rings. The number of hydrogen-bond donors (Lipinski definition) is 1. The van der Waals surface area contributed by atoms with Crippen LogP contribution in [0.25, 0.3) is 0 Å². The summed E-state index contributed by atoms with van der Waals surface area (Å²) in [6, 6.07) is 8.83. The molecule has 2 nitrogen and oxygen atoms in total. The molecule has 0 aliphatic heterocycles. The summed E-state index contributed by atoms with van der Waals surface area (Å²) >= 11 is 0. The molecule has 1 aromatic rings. The lowest BCUT2D eigenvalue weighted by Crippen LogP contribution is -2.14. The molecule has 0 aromatic heterocycles. The van der Waals surface area contributed by atoms with E-state index in [4.69, 9.17) is 4.74 Å². The summed E-state index contributed by atoms with van der Waals surface area (Å²) in [5.74, 6) is 1.79. The SMILES string of the molecule is COc1ccc(N[C@@H]2CC[C@H](C)C2)cc1. The van der Waals surface area contributed by atoms with Crippen LogP contribution < -0.4 is 10.1 Å². The molecule has 1 saturated carbocycles. The lowest BCUT2D eigenvalue weighted by atomic mass is 10.1. The maximum absolute atomic E-state index is 5.13. The van der Waals surface area contributed by atoms with Crippen molar-refractivity contribution in [2.75, 3.05) is 12.4 Å². The summed E-state index contributed by atoms with van der Waals surface area (Å²) in [4.78, 5) is 0. The van der Waals surface area contributed by atoms with E-state index in [0.29, 0.717) is 6.04 Å². The lowest BCUT2D eigenvalue weighted by molar-refractivity contribution is 0.415. The van der Waals surface area contributed by atoms with E-state index in [0.717, 1.165) is 11.7 Å². The van der Waals surface area contributed by atoms with Gasteiger partial charge < -0.3 is 10.1 Å². The molecule has 1 aliphatic carbocycles. The van der Waals surface area contributed by atoms with E-state index in [1.807, 2.05) is 12.1 Å². The molecule has 2 heteroatoms. The minimum absolute atomic E-state index is 0.661. The first-order chi connectivity index (χ1) is 7.28. The van der Waals surface area contributed by atoms with Crippen LogP contribution in [0.1, 0.15) is 26.2 Å². The van der Waals surface area contributed by atoms with Crippen molar-refractivity contribution in [3.8, 4) is 5.75 Å². The predicted molar refractivity (Wildman–Crippen MR) is 63.4 cm³/mol. The minimum Gasteiger partial charge on any atom is -0.497 e. The van der Waals surface area contributed by atoms with E-state index in [9.17, 15) is 0 Å². The summed E-state index contributed by atoms with van der Waals surface area (Å²) in [6.45, 7) is 2.33. The third-order valence-electron chi connectivity index (χ3n) is 3.16. The zero-order valence-electron chi connectivity index (χ0n) is 9.49. The van der Waals surface area contributed by atoms with Crippen molar-refractivity contribution >= 4 is 5.69 Å². The molecule has 0 unspecified atom stereocenters. The first-order valence-corrected chi connectivity index (χ1v) is 5.68. The van der Waals surface area contributed by atoms with Gasteiger partial charge in [-0.05, 0) is 49.4 Å². The molecule has 0 bridgehead atoms. The van der Waals surface area contributed by atoms with Crippen molar-refractivity contribution in [3.05, 3.63) is 24.3 Å². The topological polar surface area (TPSA) is 21.3 Å². The predicted octanol–water partition coefficient (Wildman–Crippen LogP) is 3.30. The Bertz CT molecular complexity index is 307. The van der Waals surface area contributed by atoms with E-state index in [1.54, 1.807) is 7.11 Å². The van der Waals surface area contributed by atoms with Gasteiger partial charge >= 0.3 is 0 Å². The second-order valence-corrected chi connectivity index (χ2v) is 4.49. The normalized spacial score (nSPS) is 25.2. The van der Waals surface area contributed by atoms with Crippen LogP contribution in [0.4, 0.5) is 5.69 Å². The first kappa shape index (κ1) is 10.3. The van der Waals surface area contributed by atoms with Gasteiger partial charge in [0.2, 0.25) is 0 Å². The molecule has 2 atom stereocenters. The molecule has 0 heterocycles. The van der Waals surface area contributed by atoms with Crippen LogP contribution in [0.5, 0.6) is 5.75 Å². The molecular formula is C13H19NO. The van der Waals surface area contributed by atoms with Crippen molar-refractivity contribution in [1.82, 2.24) is 0 Å². The molecule has 2 rings (SSSR count). The molecule has 0 spiro atoms. The van der Waals surface area contributed by atoms with Gasteiger partial charge in [0, 0.05) is 11.7 Å². The Hall–Kier alpha value is -1.18. The number of benzene rings is 1. The highest BCUT2D eigenvalue weighted by atomic mass is 16.5. The molecule has 15 heavy (non-hydrogen) atoms. The van der Waals surface area contributed by atoms with Gasteiger partial charge in [0.05, 0.1) is 7.11 Å². The maximum atomic E-state index is 5.13. The van der Waals surface area contributed by atoms with Crippen molar-refractivity contribution < 1.29 is 4.74 Å². The Morgan fingerprint density at radius 2 is 1.93 bits per heavy atom. The van der Waals surface area contributed by atoms with Crippen LogP contribution in [0, 0.1) is 5.92 Å². The summed E-state index contributed by atoms with van der Waals surface area (Å²) in [5, 5.41) is 3.57. The second-order valence-electron chi connectivity index (χ2n) is 4.49. The number of rotatable bonds is 3. The Morgan fingerprint density at radius 3 is 2.47 bits per heavy atom. The minimum atomic E-state index is 0.661. The molecular weight excluding hydrogens is 186 g/mol. The summed E-state index contributed by atoms with van der Waals surface area (Å²) in [5.41, 5.74) is 1.20. The van der Waals surface area contributed by atoms with E-state index in [-0.39, 0.29) is 0 Å². The van der Waals surface area contributed by atoms with Crippen LogP contribution in [0.3, 0.4) is 0 Å². The zero-order valence-corrected chi connectivity index (χ0v) is 9.49. The third kappa shape index (κ3) is 2.65. The fourth-order valence-electron chi connectivity index (χ4n) is 2.26. The quantitative estimate of drug-likeness (QED) is 0.817. The van der Waals surface area contributed by atoms with Gasteiger partial charge in [0.15, 0.2) is 0 Å². The van der Waals surface area contributed by atoms with Gasteiger partial charge in [0.25, 0.3) is 0 Å². The van der Waals surface area contributed by atoms with Crippen molar-refractivity contribution in [1.29, 1.82) is 0 Å². The van der Waals surface area contributed by atoms with Gasteiger partial charge in [-0.15, -0.1) is 0 Å². The summed E-state index contributed by atoms with van der Waals surface area (Å²) < 4.78 is 5.13.